The van der Waals surface area contributed by atoms with Crippen LogP contribution in [0.25, 0.3) is 0 Å². The van der Waals surface area contributed by atoms with Gasteiger partial charge in [-0.3, -0.25) is 0 Å². The van der Waals surface area contributed by atoms with Gasteiger partial charge < -0.3 is 10.1 Å². The first-order chi connectivity index (χ1) is 9.19. The maximum Gasteiger partial charge on any atom is 0.245 e. The van der Waals surface area contributed by atoms with Crippen LogP contribution in [0.15, 0.2) is 24.3 Å². The molecular formula is C12H12Cl2N4O. The zero-order valence-electron chi connectivity index (χ0n) is 10.2. The van der Waals surface area contributed by atoms with E-state index in [1.165, 1.54) is 0 Å². The van der Waals surface area contributed by atoms with Crippen LogP contribution in [0, 0.1) is 0 Å². The molecule has 0 aliphatic rings. The fourth-order valence-electron chi connectivity index (χ4n) is 1.59. The van der Waals surface area contributed by atoms with Gasteiger partial charge in [-0.05, 0) is 22.7 Å². The number of aromatic nitrogens is 3. The van der Waals surface area contributed by atoms with E-state index in [1.54, 1.807) is 7.11 Å². The van der Waals surface area contributed by atoms with Crippen molar-refractivity contribution in [1.82, 2.24) is 15.2 Å². The van der Waals surface area contributed by atoms with Gasteiger partial charge in [-0.25, -0.2) is 0 Å². The van der Waals surface area contributed by atoms with E-state index in [0.29, 0.717) is 19.0 Å². The Balaban J connectivity index is 2.05. The molecule has 0 atom stereocenters. The van der Waals surface area contributed by atoms with Crippen LogP contribution in [0.3, 0.4) is 0 Å². The van der Waals surface area contributed by atoms with Crippen LogP contribution in [-0.4, -0.2) is 22.3 Å². The number of nitrogens with one attached hydrogen (secondary N) is 1. The van der Waals surface area contributed by atoms with E-state index in [9.17, 15) is 0 Å². The van der Waals surface area contributed by atoms with E-state index in [2.05, 4.69) is 20.5 Å². The van der Waals surface area contributed by atoms with Crippen LogP contribution in [0.1, 0.15) is 11.1 Å². The predicted molar refractivity (Wildman–Crippen MR) is 74.3 cm³/mol. The van der Waals surface area contributed by atoms with Crippen molar-refractivity contribution in [3.05, 3.63) is 45.8 Å². The zero-order valence-corrected chi connectivity index (χ0v) is 11.7. The molecule has 0 aliphatic heterocycles. The van der Waals surface area contributed by atoms with Gasteiger partial charge in [0.1, 0.15) is 0 Å². The quantitative estimate of drug-likeness (QED) is 0.919. The standard InChI is InChI=1S/C12H12Cl2N4O/c1-19-7-9-4-2-3-8(5-9)6-15-11-10(13)17-18-12(14)16-11/h2-5H,6-7H2,1H3,(H,15,16,18). The monoisotopic (exact) mass is 298 g/mol. The number of ether oxygens (including phenoxy) is 1. The minimum Gasteiger partial charge on any atom is -0.380 e. The first-order valence-corrected chi connectivity index (χ1v) is 6.31. The lowest BCUT2D eigenvalue weighted by atomic mass is 10.1. The molecule has 7 heteroatoms. The second kappa shape index (κ2) is 6.65. The second-order valence-electron chi connectivity index (χ2n) is 3.83. The molecule has 2 rings (SSSR count). The van der Waals surface area contributed by atoms with Crippen molar-refractivity contribution in [1.29, 1.82) is 0 Å². The minimum atomic E-state index is 0.0556. The number of hydrogen-bond acceptors (Lipinski definition) is 5. The molecule has 0 fully saturated rings. The Bertz CT molecular complexity index is 565. The predicted octanol–water partition coefficient (Wildman–Crippen LogP) is 2.94. The third-order valence-corrected chi connectivity index (χ3v) is 2.80. The summed E-state index contributed by atoms with van der Waals surface area (Å²) < 4.78 is 5.09. The first-order valence-electron chi connectivity index (χ1n) is 5.55. The van der Waals surface area contributed by atoms with Gasteiger partial charge in [0.05, 0.1) is 6.61 Å². The highest BCUT2D eigenvalue weighted by atomic mass is 35.5. The van der Waals surface area contributed by atoms with E-state index in [1.807, 2.05) is 24.3 Å². The summed E-state index contributed by atoms with van der Waals surface area (Å²) in [5.41, 5.74) is 2.19. The SMILES string of the molecule is COCc1cccc(CNc2nc(Cl)nnc2Cl)c1. The average Bonchev–Trinajstić information content (AvgIpc) is 2.41. The number of hydrogen-bond donors (Lipinski definition) is 1. The summed E-state index contributed by atoms with van der Waals surface area (Å²) in [6, 6.07) is 8.01. The molecule has 0 saturated heterocycles. The highest BCUT2D eigenvalue weighted by Crippen LogP contribution is 2.17. The number of anilines is 1. The summed E-state index contributed by atoms with van der Waals surface area (Å²) in [4.78, 5) is 3.97. The van der Waals surface area contributed by atoms with Crippen molar-refractivity contribution in [2.24, 2.45) is 0 Å². The lowest BCUT2D eigenvalue weighted by Gasteiger charge is -2.08. The van der Waals surface area contributed by atoms with E-state index in [0.717, 1.165) is 11.1 Å². The third-order valence-electron chi connectivity index (χ3n) is 2.38. The summed E-state index contributed by atoms with van der Waals surface area (Å²) in [6.45, 7) is 1.14. The lowest BCUT2D eigenvalue weighted by Crippen LogP contribution is -2.04. The van der Waals surface area contributed by atoms with E-state index < -0.39 is 0 Å². The van der Waals surface area contributed by atoms with Gasteiger partial charge in [0.2, 0.25) is 5.28 Å². The Hall–Kier alpha value is -1.43. The van der Waals surface area contributed by atoms with E-state index in [-0.39, 0.29) is 10.4 Å². The number of methoxy groups -OCH3 is 1. The van der Waals surface area contributed by atoms with Gasteiger partial charge in [-0.2, -0.15) is 4.98 Å². The molecular weight excluding hydrogens is 287 g/mol. The maximum atomic E-state index is 5.87. The zero-order chi connectivity index (χ0) is 13.7. The molecule has 100 valence electrons. The minimum absolute atomic E-state index is 0.0556. The van der Waals surface area contributed by atoms with Gasteiger partial charge >= 0.3 is 0 Å². The van der Waals surface area contributed by atoms with Crippen LogP contribution in [0.2, 0.25) is 10.4 Å². The second-order valence-corrected chi connectivity index (χ2v) is 4.52. The molecule has 0 aliphatic carbocycles. The van der Waals surface area contributed by atoms with Crippen molar-refractivity contribution in [3.8, 4) is 0 Å². The van der Waals surface area contributed by atoms with Gasteiger partial charge in [-0.15, -0.1) is 10.2 Å². The Morgan fingerprint density at radius 3 is 2.79 bits per heavy atom. The maximum absolute atomic E-state index is 5.87. The summed E-state index contributed by atoms with van der Waals surface area (Å²) >= 11 is 11.5. The Morgan fingerprint density at radius 1 is 1.21 bits per heavy atom. The van der Waals surface area contributed by atoms with Crippen LogP contribution < -0.4 is 5.32 Å². The first kappa shape index (κ1) is 14.0. The van der Waals surface area contributed by atoms with E-state index >= 15 is 0 Å². The summed E-state index contributed by atoms with van der Waals surface area (Å²) in [5.74, 6) is 0.416. The highest BCUT2D eigenvalue weighted by molar-refractivity contribution is 6.32. The van der Waals surface area contributed by atoms with Gasteiger partial charge in [0, 0.05) is 13.7 Å². The van der Waals surface area contributed by atoms with Crippen LogP contribution in [-0.2, 0) is 17.9 Å². The van der Waals surface area contributed by atoms with Crippen molar-refractivity contribution < 1.29 is 4.74 Å². The fourth-order valence-corrected chi connectivity index (χ4v) is 1.86. The number of benzene rings is 1. The molecule has 2 aromatic rings. The van der Waals surface area contributed by atoms with Gasteiger partial charge in [0.25, 0.3) is 0 Å². The molecule has 5 nitrogen and oxygen atoms in total. The fraction of sp³-hybridized carbons (Fsp3) is 0.250. The smallest absolute Gasteiger partial charge is 0.245 e. The topological polar surface area (TPSA) is 59.9 Å². The number of nitrogens with zero attached hydrogens (tertiary/aromatic N) is 3. The summed E-state index contributed by atoms with van der Waals surface area (Å²) in [7, 11) is 1.67. The Labute approximate surface area is 120 Å². The van der Waals surface area contributed by atoms with Crippen molar-refractivity contribution in [2.45, 2.75) is 13.2 Å². The molecule has 0 amide bonds. The largest absolute Gasteiger partial charge is 0.380 e. The van der Waals surface area contributed by atoms with Crippen molar-refractivity contribution in [2.75, 3.05) is 12.4 Å². The summed E-state index contributed by atoms with van der Waals surface area (Å²) in [5, 5.41) is 10.5. The van der Waals surface area contributed by atoms with E-state index in [4.69, 9.17) is 27.9 Å². The highest BCUT2D eigenvalue weighted by Gasteiger charge is 2.05. The molecule has 0 saturated carbocycles. The van der Waals surface area contributed by atoms with Crippen LogP contribution in [0.4, 0.5) is 5.82 Å². The molecule has 0 spiro atoms. The van der Waals surface area contributed by atoms with Crippen molar-refractivity contribution >= 4 is 29.0 Å². The molecule has 1 aromatic carbocycles. The normalized spacial score (nSPS) is 10.5. The number of rotatable bonds is 5. The lowest BCUT2D eigenvalue weighted by molar-refractivity contribution is 0.185. The average molecular weight is 299 g/mol. The molecule has 0 unspecified atom stereocenters. The van der Waals surface area contributed by atoms with Gasteiger partial charge in [-0.1, -0.05) is 35.9 Å². The van der Waals surface area contributed by atoms with Crippen LogP contribution >= 0.6 is 23.2 Å². The van der Waals surface area contributed by atoms with Crippen LogP contribution in [0.5, 0.6) is 0 Å². The molecule has 1 aromatic heterocycles. The van der Waals surface area contributed by atoms with Crippen molar-refractivity contribution in [3.63, 3.8) is 0 Å². The number of halogens is 2. The Morgan fingerprint density at radius 2 is 2.00 bits per heavy atom. The Kier molecular flexibility index (Phi) is 4.90. The molecule has 1 N–H and O–H groups in total. The molecule has 19 heavy (non-hydrogen) atoms. The molecule has 1 heterocycles. The molecule has 0 radical (unpaired) electrons. The molecule has 0 bridgehead atoms. The third kappa shape index (κ3) is 4.02. The summed E-state index contributed by atoms with van der Waals surface area (Å²) in [6.07, 6.45) is 0. The van der Waals surface area contributed by atoms with Gasteiger partial charge in [0.15, 0.2) is 11.0 Å².